The van der Waals surface area contributed by atoms with Crippen LogP contribution in [0.15, 0.2) is 24.3 Å². The molecule has 2 aromatic heterocycles. The minimum Gasteiger partial charge on any atom is -0.394 e. The summed E-state index contributed by atoms with van der Waals surface area (Å²) >= 11 is 0. The van der Waals surface area contributed by atoms with E-state index < -0.39 is 6.10 Å². The Bertz CT molecular complexity index is 755. The van der Waals surface area contributed by atoms with Crippen LogP contribution in [0.5, 0.6) is 0 Å². The molecule has 0 amide bonds. The van der Waals surface area contributed by atoms with Crippen molar-refractivity contribution in [2.24, 2.45) is 7.05 Å². The van der Waals surface area contributed by atoms with Crippen LogP contribution < -0.4 is 5.32 Å². The summed E-state index contributed by atoms with van der Waals surface area (Å²) in [6, 6.07) is 7.90. The van der Waals surface area contributed by atoms with E-state index in [1.807, 2.05) is 35.9 Å². The second kappa shape index (κ2) is 5.03. The molecule has 20 heavy (non-hydrogen) atoms. The molecular formula is C13H15N5O2. The first kappa shape index (κ1) is 12.8. The molecule has 0 aliphatic rings. The van der Waals surface area contributed by atoms with Crippen molar-refractivity contribution < 1.29 is 10.2 Å². The van der Waals surface area contributed by atoms with Gasteiger partial charge in [0.25, 0.3) is 0 Å². The number of fused-ring (bicyclic) bond motifs is 3. The molecule has 1 atom stereocenters. The lowest BCUT2D eigenvalue weighted by atomic mass is 10.2. The molecule has 0 spiro atoms. The van der Waals surface area contributed by atoms with Crippen LogP contribution in [0, 0.1) is 0 Å². The highest BCUT2D eigenvalue weighted by atomic mass is 16.3. The van der Waals surface area contributed by atoms with Gasteiger partial charge in [0, 0.05) is 19.0 Å². The normalized spacial score (nSPS) is 12.9. The number of benzene rings is 1. The highest BCUT2D eigenvalue weighted by molar-refractivity contribution is 6.04. The maximum atomic E-state index is 9.31. The number of aromatic nitrogens is 4. The lowest BCUT2D eigenvalue weighted by molar-refractivity contribution is 0.105. The second-order valence-electron chi connectivity index (χ2n) is 4.60. The number of hydrogen-bond acceptors (Lipinski definition) is 6. The molecule has 3 aromatic rings. The summed E-state index contributed by atoms with van der Waals surface area (Å²) in [7, 11) is 1.92. The molecule has 104 valence electrons. The van der Waals surface area contributed by atoms with E-state index in [0.717, 1.165) is 22.1 Å². The molecule has 0 saturated carbocycles. The van der Waals surface area contributed by atoms with E-state index in [9.17, 15) is 5.11 Å². The molecule has 2 heterocycles. The largest absolute Gasteiger partial charge is 0.394 e. The topological polar surface area (TPSA) is 96.1 Å². The van der Waals surface area contributed by atoms with Crippen LogP contribution in [0.2, 0.25) is 0 Å². The van der Waals surface area contributed by atoms with Gasteiger partial charge in [-0.15, -0.1) is 10.2 Å². The molecule has 3 rings (SSSR count). The molecular weight excluding hydrogens is 258 g/mol. The van der Waals surface area contributed by atoms with Gasteiger partial charge in [0.2, 0.25) is 5.95 Å². The zero-order valence-corrected chi connectivity index (χ0v) is 11.0. The Kier molecular flexibility index (Phi) is 3.21. The lowest BCUT2D eigenvalue weighted by Crippen LogP contribution is -2.24. The summed E-state index contributed by atoms with van der Waals surface area (Å²) in [5, 5.41) is 30.1. The quantitative estimate of drug-likeness (QED) is 0.632. The number of rotatable bonds is 4. The van der Waals surface area contributed by atoms with Crippen LogP contribution in [-0.4, -0.2) is 49.2 Å². The zero-order chi connectivity index (χ0) is 14.1. The second-order valence-corrected chi connectivity index (χ2v) is 4.60. The number of hydrogen-bond donors (Lipinski definition) is 3. The van der Waals surface area contributed by atoms with E-state index >= 15 is 0 Å². The summed E-state index contributed by atoms with van der Waals surface area (Å²) in [6.45, 7) is -0.135. The molecule has 0 bridgehead atoms. The number of nitrogens with one attached hydrogen (secondary N) is 1. The van der Waals surface area contributed by atoms with Gasteiger partial charge in [0.15, 0.2) is 5.65 Å². The predicted octanol–water partition coefficient (Wildman–Crippen LogP) is 0.282. The zero-order valence-electron chi connectivity index (χ0n) is 11.0. The number of para-hydroxylation sites is 1. The van der Waals surface area contributed by atoms with E-state index in [-0.39, 0.29) is 13.2 Å². The lowest BCUT2D eigenvalue weighted by Gasteiger charge is -2.08. The summed E-state index contributed by atoms with van der Waals surface area (Å²) in [5.41, 5.74) is 2.51. The van der Waals surface area contributed by atoms with E-state index in [2.05, 4.69) is 20.5 Å². The molecule has 0 fully saturated rings. The number of aliphatic hydroxyl groups excluding tert-OH is 2. The molecule has 1 aromatic carbocycles. The Hall–Kier alpha value is -2.25. The van der Waals surface area contributed by atoms with Crippen LogP contribution in [0.4, 0.5) is 5.95 Å². The van der Waals surface area contributed by atoms with Gasteiger partial charge in [-0.3, -0.25) is 0 Å². The van der Waals surface area contributed by atoms with Crippen LogP contribution >= 0.6 is 0 Å². The van der Waals surface area contributed by atoms with Crippen molar-refractivity contribution in [1.82, 2.24) is 19.7 Å². The first-order valence-corrected chi connectivity index (χ1v) is 6.31. The maximum Gasteiger partial charge on any atom is 0.244 e. The third-order valence-electron chi connectivity index (χ3n) is 3.21. The number of aliphatic hydroxyl groups is 2. The van der Waals surface area contributed by atoms with Crippen molar-refractivity contribution in [3.05, 3.63) is 24.3 Å². The van der Waals surface area contributed by atoms with Crippen molar-refractivity contribution in [2.75, 3.05) is 18.5 Å². The van der Waals surface area contributed by atoms with Crippen LogP contribution in [0.1, 0.15) is 0 Å². The van der Waals surface area contributed by atoms with Gasteiger partial charge in [-0.05, 0) is 6.07 Å². The standard InChI is InChI=1S/C13H15N5O2/c1-18-10-5-3-2-4-9(10)11-12(18)15-13(17-16-11)14-6-8(20)7-19/h2-5,8,19-20H,6-7H2,1H3,(H,14,15,17). The Labute approximate surface area is 114 Å². The number of anilines is 1. The first-order chi connectivity index (χ1) is 9.70. The predicted molar refractivity (Wildman–Crippen MR) is 75.4 cm³/mol. The minimum atomic E-state index is -0.846. The van der Waals surface area contributed by atoms with Gasteiger partial charge in [-0.1, -0.05) is 18.2 Å². The Morgan fingerprint density at radius 2 is 2.10 bits per heavy atom. The van der Waals surface area contributed by atoms with Gasteiger partial charge in [-0.25, -0.2) is 0 Å². The average molecular weight is 273 g/mol. The first-order valence-electron chi connectivity index (χ1n) is 6.31. The fourth-order valence-electron chi connectivity index (χ4n) is 2.15. The monoisotopic (exact) mass is 273 g/mol. The average Bonchev–Trinajstić information content (AvgIpc) is 2.78. The number of nitrogens with zero attached hydrogens (tertiary/aromatic N) is 4. The summed E-state index contributed by atoms with van der Waals surface area (Å²) in [4.78, 5) is 4.40. The molecule has 3 N–H and O–H groups in total. The molecule has 0 radical (unpaired) electrons. The smallest absolute Gasteiger partial charge is 0.244 e. The molecule has 0 aliphatic heterocycles. The van der Waals surface area contributed by atoms with Crippen molar-refractivity contribution in [3.8, 4) is 0 Å². The van der Waals surface area contributed by atoms with Gasteiger partial charge in [0.1, 0.15) is 5.52 Å². The van der Waals surface area contributed by atoms with E-state index in [1.165, 1.54) is 0 Å². The van der Waals surface area contributed by atoms with Crippen molar-refractivity contribution in [2.45, 2.75) is 6.10 Å². The molecule has 0 saturated heterocycles. The highest BCUT2D eigenvalue weighted by Gasteiger charge is 2.12. The minimum absolute atomic E-state index is 0.174. The summed E-state index contributed by atoms with van der Waals surface area (Å²) in [5.74, 6) is 0.330. The van der Waals surface area contributed by atoms with Crippen molar-refractivity contribution in [1.29, 1.82) is 0 Å². The number of aryl methyl sites for hydroxylation is 1. The third-order valence-corrected chi connectivity index (χ3v) is 3.21. The Morgan fingerprint density at radius 3 is 2.90 bits per heavy atom. The van der Waals surface area contributed by atoms with E-state index in [1.54, 1.807) is 0 Å². The summed E-state index contributed by atoms with van der Waals surface area (Å²) < 4.78 is 1.95. The SMILES string of the molecule is Cn1c2ccccc2c2nnc(NCC(O)CO)nc21. The third kappa shape index (κ3) is 2.06. The van der Waals surface area contributed by atoms with Gasteiger partial charge < -0.3 is 20.1 Å². The molecule has 7 nitrogen and oxygen atoms in total. The van der Waals surface area contributed by atoms with Gasteiger partial charge >= 0.3 is 0 Å². The summed E-state index contributed by atoms with van der Waals surface area (Å²) in [6.07, 6.45) is -0.846. The Balaban J connectivity index is 2.03. The molecule has 1 unspecified atom stereocenters. The van der Waals surface area contributed by atoms with Gasteiger partial charge in [0.05, 0.1) is 18.2 Å². The molecule has 7 heteroatoms. The van der Waals surface area contributed by atoms with Crippen molar-refractivity contribution in [3.63, 3.8) is 0 Å². The fourth-order valence-corrected chi connectivity index (χ4v) is 2.15. The van der Waals surface area contributed by atoms with Crippen LogP contribution in [0.25, 0.3) is 22.1 Å². The fraction of sp³-hybridized carbons (Fsp3) is 0.308. The highest BCUT2D eigenvalue weighted by Crippen LogP contribution is 2.24. The van der Waals surface area contributed by atoms with Crippen LogP contribution in [0.3, 0.4) is 0 Å². The van der Waals surface area contributed by atoms with Gasteiger partial charge in [-0.2, -0.15) is 4.98 Å². The van der Waals surface area contributed by atoms with Crippen molar-refractivity contribution >= 4 is 28.0 Å². The van der Waals surface area contributed by atoms with E-state index in [0.29, 0.717) is 5.95 Å². The maximum absolute atomic E-state index is 9.31. The van der Waals surface area contributed by atoms with E-state index in [4.69, 9.17) is 5.11 Å². The van der Waals surface area contributed by atoms with Crippen LogP contribution in [-0.2, 0) is 7.05 Å². The Morgan fingerprint density at radius 1 is 1.30 bits per heavy atom. The molecule has 0 aliphatic carbocycles.